The molecule has 1 aromatic carbocycles. The molecule has 0 atom stereocenters. The zero-order valence-electron chi connectivity index (χ0n) is 13.6. The molecular formula is C17H28N2O2. The first kappa shape index (κ1) is 17.5. The SMILES string of the molecule is CCCC(O)(CCC)CNC(=O)c1ccc(N(C)C)cc1. The molecule has 2 N–H and O–H groups in total. The minimum Gasteiger partial charge on any atom is -0.388 e. The van der Waals surface area contributed by atoms with Crippen molar-refractivity contribution in [3.05, 3.63) is 29.8 Å². The van der Waals surface area contributed by atoms with Crippen LogP contribution in [0.3, 0.4) is 0 Å². The summed E-state index contributed by atoms with van der Waals surface area (Å²) in [6.45, 7) is 4.40. The molecule has 21 heavy (non-hydrogen) atoms. The summed E-state index contributed by atoms with van der Waals surface area (Å²) in [7, 11) is 3.93. The summed E-state index contributed by atoms with van der Waals surface area (Å²) < 4.78 is 0. The highest BCUT2D eigenvalue weighted by molar-refractivity contribution is 5.94. The number of amides is 1. The molecule has 0 fully saturated rings. The molecule has 4 heteroatoms. The van der Waals surface area contributed by atoms with E-state index >= 15 is 0 Å². The van der Waals surface area contributed by atoms with Crippen molar-refractivity contribution in [1.82, 2.24) is 5.32 Å². The Morgan fingerprint density at radius 3 is 2.10 bits per heavy atom. The van der Waals surface area contributed by atoms with E-state index in [-0.39, 0.29) is 5.91 Å². The zero-order valence-corrected chi connectivity index (χ0v) is 13.6. The fourth-order valence-corrected chi connectivity index (χ4v) is 2.49. The normalized spacial score (nSPS) is 11.3. The fourth-order valence-electron chi connectivity index (χ4n) is 2.49. The molecule has 0 bridgehead atoms. The van der Waals surface area contributed by atoms with Gasteiger partial charge in [-0.05, 0) is 37.1 Å². The van der Waals surface area contributed by atoms with Crippen LogP contribution in [0.2, 0.25) is 0 Å². The van der Waals surface area contributed by atoms with E-state index in [4.69, 9.17) is 0 Å². The number of carbonyl (C=O) groups excluding carboxylic acids is 1. The Morgan fingerprint density at radius 2 is 1.67 bits per heavy atom. The first-order chi connectivity index (χ1) is 9.91. The van der Waals surface area contributed by atoms with Crippen LogP contribution in [0.15, 0.2) is 24.3 Å². The third-order valence-electron chi connectivity index (χ3n) is 3.65. The summed E-state index contributed by atoms with van der Waals surface area (Å²) in [6, 6.07) is 7.45. The van der Waals surface area contributed by atoms with Crippen LogP contribution in [-0.4, -0.2) is 37.3 Å². The van der Waals surface area contributed by atoms with E-state index in [9.17, 15) is 9.90 Å². The van der Waals surface area contributed by atoms with Gasteiger partial charge >= 0.3 is 0 Å². The van der Waals surface area contributed by atoms with Gasteiger partial charge in [0.05, 0.1) is 5.60 Å². The summed E-state index contributed by atoms with van der Waals surface area (Å²) in [5.41, 5.74) is 0.888. The first-order valence-electron chi connectivity index (χ1n) is 7.70. The molecule has 1 aromatic rings. The average Bonchev–Trinajstić information content (AvgIpc) is 2.45. The van der Waals surface area contributed by atoms with Gasteiger partial charge in [-0.15, -0.1) is 0 Å². The number of hydrogen-bond acceptors (Lipinski definition) is 3. The van der Waals surface area contributed by atoms with Gasteiger partial charge in [0, 0.05) is 31.9 Å². The van der Waals surface area contributed by atoms with Gasteiger partial charge in [0.15, 0.2) is 0 Å². The highest BCUT2D eigenvalue weighted by Crippen LogP contribution is 2.19. The van der Waals surface area contributed by atoms with Crippen molar-refractivity contribution in [2.75, 3.05) is 25.5 Å². The van der Waals surface area contributed by atoms with Gasteiger partial charge < -0.3 is 15.3 Å². The van der Waals surface area contributed by atoms with Gasteiger partial charge in [0.2, 0.25) is 0 Å². The van der Waals surface area contributed by atoms with Gasteiger partial charge in [0.1, 0.15) is 0 Å². The van der Waals surface area contributed by atoms with Crippen LogP contribution in [0.25, 0.3) is 0 Å². The van der Waals surface area contributed by atoms with Crippen molar-refractivity contribution in [2.24, 2.45) is 0 Å². The van der Waals surface area contributed by atoms with Crippen molar-refractivity contribution < 1.29 is 9.90 Å². The predicted octanol–water partition coefficient (Wildman–Crippen LogP) is 2.81. The van der Waals surface area contributed by atoms with Gasteiger partial charge in [-0.25, -0.2) is 0 Å². The second-order valence-corrected chi connectivity index (χ2v) is 5.85. The number of carbonyl (C=O) groups is 1. The number of benzene rings is 1. The number of rotatable bonds is 8. The lowest BCUT2D eigenvalue weighted by Crippen LogP contribution is -2.42. The molecule has 0 aromatic heterocycles. The second kappa shape index (κ2) is 8.03. The highest BCUT2D eigenvalue weighted by Gasteiger charge is 2.25. The van der Waals surface area contributed by atoms with Gasteiger partial charge in [-0.1, -0.05) is 26.7 Å². The number of nitrogens with one attached hydrogen (secondary N) is 1. The number of aliphatic hydroxyl groups is 1. The highest BCUT2D eigenvalue weighted by atomic mass is 16.3. The molecule has 0 aliphatic heterocycles. The Balaban J connectivity index is 2.63. The van der Waals surface area contributed by atoms with E-state index < -0.39 is 5.60 Å². The lowest BCUT2D eigenvalue weighted by atomic mass is 9.92. The van der Waals surface area contributed by atoms with E-state index in [2.05, 4.69) is 5.32 Å². The van der Waals surface area contributed by atoms with E-state index in [1.807, 2.05) is 57.1 Å². The fraction of sp³-hybridized carbons (Fsp3) is 0.588. The molecule has 4 nitrogen and oxygen atoms in total. The largest absolute Gasteiger partial charge is 0.388 e. The van der Waals surface area contributed by atoms with Crippen LogP contribution in [0.4, 0.5) is 5.69 Å². The summed E-state index contributed by atoms with van der Waals surface area (Å²) in [5, 5.41) is 13.4. The quantitative estimate of drug-likeness (QED) is 0.774. The third kappa shape index (κ3) is 5.38. The maximum absolute atomic E-state index is 12.1. The van der Waals surface area contributed by atoms with E-state index in [0.29, 0.717) is 24.9 Å². The molecule has 118 valence electrons. The second-order valence-electron chi connectivity index (χ2n) is 5.85. The maximum atomic E-state index is 12.1. The van der Waals surface area contributed by atoms with Crippen LogP contribution in [0, 0.1) is 0 Å². The van der Waals surface area contributed by atoms with Crippen LogP contribution in [0.1, 0.15) is 49.9 Å². The topological polar surface area (TPSA) is 52.6 Å². The van der Waals surface area contributed by atoms with Crippen molar-refractivity contribution in [3.63, 3.8) is 0 Å². The lowest BCUT2D eigenvalue weighted by molar-refractivity contribution is 0.0213. The van der Waals surface area contributed by atoms with Gasteiger partial charge in [-0.2, -0.15) is 0 Å². The molecule has 0 unspecified atom stereocenters. The molecular weight excluding hydrogens is 264 g/mol. The van der Waals surface area contributed by atoms with Crippen LogP contribution in [0.5, 0.6) is 0 Å². The Morgan fingerprint density at radius 1 is 1.14 bits per heavy atom. The summed E-state index contributed by atoms with van der Waals surface area (Å²) in [6.07, 6.45) is 3.23. The smallest absolute Gasteiger partial charge is 0.251 e. The van der Waals surface area contributed by atoms with Crippen LogP contribution in [-0.2, 0) is 0 Å². The Hall–Kier alpha value is -1.55. The monoisotopic (exact) mass is 292 g/mol. The summed E-state index contributed by atoms with van der Waals surface area (Å²) in [4.78, 5) is 14.1. The average molecular weight is 292 g/mol. The molecule has 0 saturated carbocycles. The Labute approximate surface area is 128 Å². The van der Waals surface area contributed by atoms with E-state index in [0.717, 1.165) is 18.5 Å². The van der Waals surface area contributed by atoms with Crippen LogP contribution < -0.4 is 10.2 Å². The van der Waals surface area contributed by atoms with E-state index in [1.54, 1.807) is 0 Å². The molecule has 0 aliphatic carbocycles. The minimum atomic E-state index is -0.789. The summed E-state index contributed by atoms with van der Waals surface area (Å²) in [5.74, 6) is -0.133. The molecule has 1 amide bonds. The molecule has 0 spiro atoms. The maximum Gasteiger partial charge on any atom is 0.251 e. The standard InChI is InChI=1S/C17H28N2O2/c1-5-11-17(21,12-6-2)13-18-16(20)14-7-9-15(10-8-14)19(3)4/h7-10,21H,5-6,11-13H2,1-4H3,(H,18,20). The minimum absolute atomic E-state index is 0.133. The van der Waals surface area contributed by atoms with Gasteiger partial charge in [0.25, 0.3) is 5.91 Å². The third-order valence-corrected chi connectivity index (χ3v) is 3.65. The van der Waals surface area contributed by atoms with Crippen LogP contribution >= 0.6 is 0 Å². The van der Waals surface area contributed by atoms with Crippen molar-refractivity contribution in [1.29, 1.82) is 0 Å². The first-order valence-corrected chi connectivity index (χ1v) is 7.70. The number of nitrogens with zero attached hydrogens (tertiary/aromatic N) is 1. The van der Waals surface area contributed by atoms with Crippen molar-refractivity contribution in [3.8, 4) is 0 Å². The molecule has 0 saturated heterocycles. The van der Waals surface area contributed by atoms with E-state index in [1.165, 1.54) is 0 Å². The lowest BCUT2D eigenvalue weighted by Gasteiger charge is -2.27. The Kier molecular flexibility index (Phi) is 6.69. The molecule has 0 aliphatic rings. The number of hydrogen-bond donors (Lipinski definition) is 2. The van der Waals surface area contributed by atoms with Crippen molar-refractivity contribution in [2.45, 2.75) is 45.1 Å². The molecule has 0 radical (unpaired) electrons. The molecule has 0 heterocycles. The Bertz CT molecular complexity index is 435. The number of anilines is 1. The predicted molar refractivity (Wildman–Crippen MR) is 87.9 cm³/mol. The molecule has 1 rings (SSSR count). The zero-order chi connectivity index (χ0) is 15.9. The summed E-state index contributed by atoms with van der Waals surface area (Å²) >= 11 is 0. The van der Waals surface area contributed by atoms with Crippen molar-refractivity contribution >= 4 is 11.6 Å². The van der Waals surface area contributed by atoms with Gasteiger partial charge in [-0.3, -0.25) is 4.79 Å².